The number of benzene rings is 1. The monoisotopic (exact) mass is 269 g/mol. The fraction of sp³-hybridized carbons (Fsp3) is 0.214. The van der Waals surface area contributed by atoms with Gasteiger partial charge >= 0.3 is 0 Å². The van der Waals surface area contributed by atoms with Gasteiger partial charge in [-0.05, 0) is 18.6 Å². The van der Waals surface area contributed by atoms with E-state index in [1.165, 1.54) is 20.3 Å². The summed E-state index contributed by atoms with van der Waals surface area (Å²) in [6.45, 7) is 0. The van der Waals surface area contributed by atoms with Crippen molar-refractivity contribution in [3.63, 3.8) is 0 Å². The van der Waals surface area contributed by atoms with Gasteiger partial charge in [-0.15, -0.1) is 0 Å². The number of halogens is 3. The highest BCUT2D eigenvalue weighted by Crippen LogP contribution is 2.34. The van der Waals surface area contributed by atoms with Crippen molar-refractivity contribution in [2.24, 2.45) is 0 Å². The Hall–Kier alpha value is -1.91. The fourth-order valence-corrected chi connectivity index (χ4v) is 1.95. The zero-order valence-electron chi connectivity index (χ0n) is 10.5. The van der Waals surface area contributed by atoms with Crippen LogP contribution in [0.1, 0.15) is 12.0 Å². The average molecular weight is 269 g/mol. The first-order chi connectivity index (χ1) is 9.10. The highest BCUT2D eigenvalue weighted by Gasteiger charge is 2.24. The molecule has 1 aliphatic carbocycles. The first-order valence-corrected chi connectivity index (χ1v) is 5.60. The van der Waals surface area contributed by atoms with Gasteiger partial charge in [0.1, 0.15) is 5.76 Å². The molecule has 1 radical (unpaired) electrons. The molecule has 0 saturated heterocycles. The maximum Gasteiger partial charge on any atom is 0.195 e. The van der Waals surface area contributed by atoms with E-state index in [4.69, 9.17) is 9.47 Å². The number of hydrogen-bond acceptors (Lipinski definition) is 2. The van der Waals surface area contributed by atoms with Gasteiger partial charge < -0.3 is 9.47 Å². The molecule has 0 fully saturated rings. The van der Waals surface area contributed by atoms with Gasteiger partial charge in [0, 0.05) is 17.6 Å². The van der Waals surface area contributed by atoms with Crippen LogP contribution in [-0.2, 0) is 9.47 Å². The smallest absolute Gasteiger partial charge is 0.195 e. The molecular weight excluding hydrogens is 257 g/mol. The molecule has 0 aromatic heterocycles. The molecule has 101 valence electrons. The van der Waals surface area contributed by atoms with Crippen LogP contribution >= 0.6 is 0 Å². The molecule has 0 N–H and O–H groups in total. The molecule has 0 saturated carbocycles. The van der Waals surface area contributed by atoms with Crippen LogP contribution in [-0.4, -0.2) is 14.2 Å². The zero-order chi connectivity index (χ0) is 14.0. The number of methoxy groups -OCH3 is 2. The Morgan fingerprint density at radius 3 is 2.37 bits per heavy atom. The van der Waals surface area contributed by atoms with Crippen molar-refractivity contribution in [2.75, 3.05) is 14.2 Å². The summed E-state index contributed by atoms with van der Waals surface area (Å²) in [5.74, 6) is -3.23. The summed E-state index contributed by atoms with van der Waals surface area (Å²) in [7, 11) is 2.86. The van der Waals surface area contributed by atoms with Crippen LogP contribution < -0.4 is 0 Å². The van der Waals surface area contributed by atoms with E-state index in [1.807, 2.05) is 0 Å². The van der Waals surface area contributed by atoms with Crippen LogP contribution in [0.15, 0.2) is 29.7 Å². The first-order valence-electron chi connectivity index (χ1n) is 5.60. The highest BCUT2D eigenvalue weighted by atomic mass is 19.2. The Kier molecular flexibility index (Phi) is 3.83. The van der Waals surface area contributed by atoms with Crippen molar-refractivity contribution in [1.82, 2.24) is 0 Å². The summed E-state index contributed by atoms with van der Waals surface area (Å²) in [5, 5.41) is 0. The molecule has 0 bridgehead atoms. The van der Waals surface area contributed by atoms with Crippen LogP contribution in [0.4, 0.5) is 13.2 Å². The second kappa shape index (κ2) is 5.38. The number of hydrogen-bond donors (Lipinski definition) is 0. The number of allylic oxidation sites excluding steroid dienone is 3. The fourth-order valence-electron chi connectivity index (χ4n) is 1.95. The summed E-state index contributed by atoms with van der Waals surface area (Å²) in [4.78, 5) is 0. The van der Waals surface area contributed by atoms with Gasteiger partial charge in [-0.2, -0.15) is 0 Å². The summed E-state index contributed by atoms with van der Waals surface area (Å²) < 4.78 is 50.3. The normalized spacial score (nSPS) is 15.3. The Labute approximate surface area is 109 Å². The minimum atomic E-state index is -1.50. The molecule has 0 atom stereocenters. The lowest BCUT2D eigenvalue weighted by Gasteiger charge is -2.20. The molecule has 5 heteroatoms. The Balaban J connectivity index is 2.56. The van der Waals surface area contributed by atoms with Crippen LogP contribution in [0.3, 0.4) is 0 Å². The molecule has 1 aromatic carbocycles. The van der Waals surface area contributed by atoms with E-state index >= 15 is 0 Å². The molecule has 2 rings (SSSR count). The van der Waals surface area contributed by atoms with E-state index < -0.39 is 17.5 Å². The largest absolute Gasteiger partial charge is 0.497 e. The van der Waals surface area contributed by atoms with Crippen molar-refractivity contribution in [1.29, 1.82) is 0 Å². The molecule has 0 unspecified atom stereocenters. The van der Waals surface area contributed by atoms with E-state index in [0.717, 1.165) is 6.07 Å². The Bertz CT molecular complexity index is 562. The lowest BCUT2D eigenvalue weighted by molar-refractivity contribution is 0.236. The van der Waals surface area contributed by atoms with Gasteiger partial charge in [0.25, 0.3) is 0 Å². The molecule has 1 aliphatic rings. The van der Waals surface area contributed by atoms with Crippen LogP contribution in [0.5, 0.6) is 0 Å². The molecule has 2 nitrogen and oxygen atoms in total. The molecule has 0 spiro atoms. The maximum atomic E-state index is 13.8. The molecule has 0 heterocycles. The molecule has 19 heavy (non-hydrogen) atoms. The zero-order valence-corrected chi connectivity index (χ0v) is 10.5. The summed E-state index contributed by atoms with van der Waals surface area (Å²) >= 11 is 0. The Morgan fingerprint density at radius 2 is 1.74 bits per heavy atom. The highest BCUT2D eigenvalue weighted by molar-refractivity contribution is 5.79. The van der Waals surface area contributed by atoms with E-state index in [-0.39, 0.29) is 5.56 Å². The van der Waals surface area contributed by atoms with Gasteiger partial charge in [-0.25, -0.2) is 13.2 Å². The molecule has 0 amide bonds. The van der Waals surface area contributed by atoms with Gasteiger partial charge in [-0.3, -0.25) is 0 Å². The summed E-state index contributed by atoms with van der Waals surface area (Å²) in [6, 6.07) is 2.06. The van der Waals surface area contributed by atoms with E-state index in [1.54, 1.807) is 12.5 Å². The molecule has 0 aliphatic heterocycles. The van der Waals surface area contributed by atoms with Gasteiger partial charge in [0.15, 0.2) is 23.2 Å². The SMILES string of the molecule is COC1=C(OC)C(c2ccc(F)c(F)c2F)=CC[CH]1. The Morgan fingerprint density at radius 1 is 1.00 bits per heavy atom. The minimum Gasteiger partial charge on any atom is -0.497 e. The van der Waals surface area contributed by atoms with Crippen molar-refractivity contribution < 1.29 is 22.6 Å². The minimum absolute atomic E-state index is 0.0570. The van der Waals surface area contributed by atoms with E-state index in [9.17, 15) is 13.2 Å². The summed E-state index contributed by atoms with van der Waals surface area (Å²) in [5.41, 5.74) is 0.289. The predicted molar refractivity (Wildman–Crippen MR) is 64.3 cm³/mol. The van der Waals surface area contributed by atoms with Gasteiger partial charge in [0.2, 0.25) is 0 Å². The second-order valence-electron chi connectivity index (χ2n) is 3.88. The van der Waals surface area contributed by atoms with Gasteiger partial charge in [-0.1, -0.05) is 6.08 Å². The lowest BCUT2D eigenvalue weighted by atomic mass is 9.96. The molecular formula is C14H12F3O2. The predicted octanol–water partition coefficient (Wildman–Crippen LogP) is 3.60. The number of rotatable bonds is 3. The van der Waals surface area contributed by atoms with Crippen molar-refractivity contribution in [3.05, 3.63) is 59.2 Å². The third-order valence-electron chi connectivity index (χ3n) is 2.84. The lowest BCUT2D eigenvalue weighted by Crippen LogP contribution is -2.07. The quantitative estimate of drug-likeness (QED) is 0.780. The third-order valence-corrected chi connectivity index (χ3v) is 2.84. The molecule has 1 aromatic rings. The average Bonchev–Trinajstić information content (AvgIpc) is 2.44. The van der Waals surface area contributed by atoms with Crippen molar-refractivity contribution in [3.8, 4) is 0 Å². The maximum absolute atomic E-state index is 13.8. The second-order valence-corrected chi connectivity index (χ2v) is 3.88. The van der Waals surface area contributed by atoms with E-state index in [2.05, 4.69) is 0 Å². The topological polar surface area (TPSA) is 18.5 Å². The van der Waals surface area contributed by atoms with Crippen LogP contribution in [0.25, 0.3) is 5.57 Å². The van der Waals surface area contributed by atoms with Gasteiger partial charge in [0.05, 0.1) is 14.2 Å². The first kappa shape index (κ1) is 13.5. The summed E-state index contributed by atoms with van der Waals surface area (Å²) in [6.07, 6.45) is 3.90. The number of ether oxygens (including phenoxy) is 2. The van der Waals surface area contributed by atoms with Crippen molar-refractivity contribution >= 4 is 5.57 Å². The van der Waals surface area contributed by atoms with Crippen LogP contribution in [0.2, 0.25) is 0 Å². The van der Waals surface area contributed by atoms with E-state index in [0.29, 0.717) is 23.5 Å². The van der Waals surface area contributed by atoms with Crippen molar-refractivity contribution in [2.45, 2.75) is 6.42 Å². The van der Waals surface area contributed by atoms with Crippen LogP contribution in [0, 0.1) is 23.9 Å². The standard InChI is InChI=1S/C14H12F3O2/c1-18-11-5-3-4-9(14(11)19-2)8-6-7-10(15)13(17)12(8)16/h4-7H,3H2,1-2H3. The third kappa shape index (κ3) is 2.32.